The van der Waals surface area contributed by atoms with Gasteiger partial charge in [0.05, 0.1) is 18.8 Å². The molecule has 0 unspecified atom stereocenters. The molecule has 0 saturated heterocycles. The van der Waals surface area contributed by atoms with Crippen LogP contribution in [0.1, 0.15) is 36.1 Å². The molecule has 0 saturated carbocycles. The molecule has 25 heavy (non-hydrogen) atoms. The monoisotopic (exact) mass is 370 g/mol. The van der Waals surface area contributed by atoms with Crippen LogP contribution in [0.25, 0.3) is 0 Å². The maximum atomic E-state index is 5.74. The van der Waals surface area contributed by atoms with E-state index in [9.17, 15) is 0 Å². The topological polar surface area (TPSA) is 28.4 Å². The molecule has 130 valence electrons. The molecular weight excluding hydrogens is 348 g/mol. The van der Waals surface area contributed by atoms with E-state index in [1.807, 2.05) is 18.2 Å². The molecule has 0 aliphatic heterocycles. The van der Waals surface area contributed by atoms with Crippen molar-refractivity contribution in [1.82, 2.24) is 4.90 Å². The largest absolute Gasteiger partial charge is 0.467 e. The van der Waals surface area contributed by atoms with E-state index in [-0.39, 0.29) is 6.04 Å². The number of benzene rings is 1. The summed E-state index contributed by atoms with van der Waals surface area (Å²) in [6.07, 6.45) is 2.70. The summed E-state index contributed by atoms with van der Waals surface area (Å²) in [5.41, 5.74) is 2.31. The zero-order chi connectivity index (χ0) is 17.6. The predicted octanol–water partition coefficient (Wildman–Crippen LogP) is 5.86. The molecule has 3 aromatic rings. The van der Waals surface area contributed by atoms with E-state index in [0.29, 0.717) is 11.7 Å². The SMILES string of the molecule is CCc1cccc(NC(=S)N(Cc2ccco2)[C@@H](C)c2cccs2)c1. The van der Waals surface area contributed by atoms with Gasteiger partial charge >= 0.3 is 0 Å². The van der Waals surface area contributed by atoms with Gasteiger partial charge in [-0.15, -0.1) is 11.3 Å². The van der Waals surface area contributed by atoms with Crippen LogP contribution in [0, 0.1) is 0 Å². The Morgan fingerprint density at radius 3 is 2.80 bits per heavy atom. The molecule has 1 aromatic carbocycles. The van der Waals surface area contributed by atoms with E-state index >= 15 is 0 Å². The molecule has 0 bridgehead atoms. The van der Waals surface area contributed by atoms with Gasteiger partial charge in [0.1, 0.15) is 5.76 Å². The van der Waals surface area contributed by atoms with Crippen LogP contribution in [-0.4, -0.2) is 10.0 Å². The van der Waals surface area contributed by atoms with Crippen molar-refractivity contribution in [2.75, 3.05) is 5.32 Å². The lowest BCUT2D eigenvalue weighted by atomic mass is 10.1. The van der Waals surface area contributed by atoms with Crippen LogP contribution in [0.15, 0.2) is 64.6 Å². The van der Waals surface area contributed by atoms with Gasteiger partial charge in [0.2, 0.25) is 0 Å². The molecule has 0 aliphatic rings. The molecule has 3 nitrogen and oxygen atoms in total. The van der Waals surface area contributed by atoms with Crippen molar-refractivity contribution in [3.63, 3.8) is 0 Å². The second-order valence-electron chi connectivity index (χ2n) is 5.88. The van der Waals surface area contributed by atoms with Crippen molar-refractivity contribution < 1.29 is 4.42 Å². The Balaban J connectivity index is 1.80. The fourth-order valence-corrected chi connectivity index (χ4v) is 3.84. The second kappa shape index (κ2) is 8.32. The predicted molar refractivity (Wildman–Crippen MR) is 109 cm³/mol. The van der Waals surface area contributed by atoms with E-state index < -0.39 is 0 Å². The second-order valence-corrected chi connectivity index (χ2v) is 7.25. The van der Waals surface area contributed by atoms with Crippen LogP contribution in [0.5, 0.6) is 0 Å². The van der Waals surface area contributed by atoms with Gasteiger partial charge in [-0.2, -0.15) is 0 Å². The number of anilines is 1. The number of rotatable bonds is 6. The molecule has 2 heterocycles. The third-order valence-electron chi connectivity index (χ3n) is 4.18. The highest BCUT2D eigenvalue weighted by molar-refractivity contribution is 7.80. The van der Waals surface area contributed by atoms with Gasteiger partial charge < -0.3 is 14.6 Å². The Morgan fingerprint density at radius 1 is 1.24 bits per heavy atom. The Kier molecular flexibility index (Phi) is 5.89. The van der Waals surface area contributed by atoms with Crippen LogP contribution in [0.4, 0.5) is 5.69 Å². The maximum Gasteiger partial charge on any atom is 0.174 e. The first kappa shape index (κ1) is 17.7. The summed E-state index contributed by atoms with van der Waals surface area (Å²) in [6, 6.07) is 16.7. The van der Waals surface area contributed by atoms with Crippen LogP contribution >= 0.6 is 23.6 Å². The molecule has 0 aliphatic carbocycles. The maximum absolute atomic E-state index is 5.74. The summed E-state index contributed by atoms with van der Waals surface area (Å²) in [6.45, 7) is 4.95. The smallest absolute Gasteiger partial charge is 0.174 e. The highest BCUT2D eigenvalue weighted by atomic mass is 32.1. The Hall–Kier alpha value is -2.11. The molecule has 0 amide bonds. The molecule has 0 spiro atoms. The molecule has 0 radical (unpaired) electrons. The number of nitrogens with zero attached hydrogens (tertiary/aromatic N) is 1. The van der Waals surface area contributed by atoms with Crippen molar-refractivity contribution >= 4 is 34.4 Å². The van der Waals surface area contributed by atoms with Crippen molar-refractivity contribution in [3.05, 3.63) is 76.4 Å². The molecule has 2 aromatic heterocycles. The number of thiophene rings is 1. The normalized spacial score (nSPS) is 11.9. The number of hydrogen-bond donors (Lipinski definition) is 1. The molecule has 1 atom stereocenters. The van der Waals surface area contributed by atoms with E-state index in [2.05, 4.69) is 59.8 Å². The van der Waals surface area contributed by atoms with Crippen molar-refractivity contribution in [1.29, 1.82) is 0 Å². The minimum absolute atomic E-state index is 0.166. The number of thiocarbonyl (C=S) groups is 1. The summed E-state index contributed by atoms with van der Waals surface area (Å²) >= 11 is 7.48. The number of nitrogens with one attached hydrogen (secondary N) is 1. The first-order valence-corrected chi connectivity index (χ1v) is 9.68. The van der Waals surface area contributed by atoms with Crippen LogP contribution in [0.3, 0.4) is 0 Å². The number of aryl methyl sites for hydroxylation is 1. The van der Waals surface area contributed by atoms with Gasteiger partial charge in [0, 0.05) is 10.6 Å². The lowest BCUT2D eigenvalue weighted by molar-refractivity contribution is 0.306. The standard InChI is InChI=1S/C20H22N2OS2/c1-3-16-7-4-8-17(13-16)21-20(24)22(14-18-9-5-11-23-18)15(2)19-10-6-12-25-19/h4-13,15H,3,14H2,1-2H3,(H,21,24)/t15-/m0/s1. The van der Waals surface area contributed by atoms with E-state index in [1.54, 1.807) is 17.6 Å². The first-order valence-electron chi connectivity index (χ1n) is 8.39. The van der Waals surface area contributed by atoms with Gasteiger partial charge in [-0.05, 0) is 66.8 Å². The third-order valence-corrected chi connectivity index (χ3v) is 5.56. The van der Waals surface area contributed by atoms with Crippen molar-refractivity contribution in [2.45, 2.75) is 32.9 Å². The van der Waals surface area contributed by atoms with Crippen molar-refractivity contribution in [2.24, 2.45) is 0 Å². The summed E-state index contributed by atoms with van der Waals surface area (Å²) < 4.78 is 5.54. The van der Waals surface area contributed by atoms with Gasteiger partial charge in [0.15, 0.2) is 5.11 Å². The van der Waals surface area contributed by atoms with Crippen LogP contribution < -0.4 is 5.32 Å². The average molecular weight is 371 g/mol. The summed E-state index contributed by atoms with van der Waals surface area (Å²) in [7, 11) is 0. The minimum atomic E-state index is 0.166. The van der Waals surface area contributed by atoms with Crippen molar-refractivity contribution in [3.8, 4) is 0 Å². The molecule has 1 N–H and O–H groups in total. The highest BCUT2D eigenvalue weighted by Crippen LogP contribution is 2.27. The third kappa shape index (κ3) is 4.50. The summed E-state index contributed by atoms with van der Waals surface area (Å²) in [5.74, 6) is 0.898. The van der Waals surface area contributed by atoms with Gasteiger partial charge in [-0.3, -0.25) is 0 Å². The zero-order valence-corrected chi connectivity index (χ0v) is 16.1. The first-order chi connectivity index (χ1) is 12.2. The fourth-order valence-electron chi connectivity index (χ4n) is 2.70. The van der Waals surface area contributed by atoms with Crippen LogP contribution in [-0.2, 0) is 13.0 Å². The Morgan fingerprint density at radius 2 is 2.12 bits per heavy atom. The Bertz CT molecular complexity index is 797. The minimum Gasteiger partial charge on any atom is -0.467 e. The Labute approximate surface area is 158 Å². The molecule has 0 fully saturated rings. The lowest BCUT2D eigenvalue weighted by Crippen LogP contribution is -2.36. The number of furan rings is 1. The molecular formula is C20H22N2OS2. The van der Waals surface area contributed by atoms with E-state index in [4.69, 9.17) is 16.6 Å². The van der Waals surface area contributed by atoms with Gasteiger partial charge in [0.25, 0.3) is 0 Å². The van der Waals surface area contributed by atoms with Gasteiger partial charge in [-0.1, -0.05) is 25.1 Å². The number of hydrogen-bond acceptors (Lipinski definition) is 3. The zero-order valence-electron chi connectivity index (χ0n) is 14.4. The summed E-state index contributed by atoms with van der Waals surface area (Å²) in [4.78, 5) is 3.44. The summed E-state index contributed by atoms with van der Waals surface area (Å²) in [5, 5.41) is 6.19. The highest BCUT2D eigenvalue weighted by Gasteiger charge is 2.21. The molecule has 5 heteroatoms. The quantitative estimate of drug-likeness (QED) is 0.550. The van der Waals surface area contributed by atoms with Crippen LogP contribution in [0.2, 0.25) is 0 Å². The fraction of sp³-hybridized carbons (Fsp3) is 0.250. The average Bonchev–Trinajstić information content (AvgIpc) is 3.33. The van der Waals surface area contributed by atoms with Gasteiger partial charge in [-0.25, -0.2) is 0 Å². The molecule has 3 rings (SSSR count). The lowest BCUT2D eigenvalue weighted by Gasteiger charge is -2.30. The van der Waals surface area contributed by atoms with E-state index in [1.165, 1.54) is 10.4 Å². The van der Waals surface area contributed by atoms with E-state index in [0.717, 1.165) is 17.9 Å².